The van der Waals surface area contributed by atoms with Gasteiger partial charge in [0.2, 0.25) is 0 Å². The minimum atomic E-state index is -0.970. The van der Waals surface area contributed by atoms with Crippen molar-refractivity contribution >= 4 is 40.5 Å². The Bertz CT molecular complexity index is 792. The maximum absolute atomic E-state index is 11.9. The number of halogens is 1. The molecule has 24 heavy (non-hydrogen) atoms. The number of carbonyl (C=O) groups is 2. The predicted octanol–water partition coefficient (Wildman–Crippen LogP) is 2.83. The zero-order valence-corrected chi connectivity index (χ0v) is 13.2. The molecule has 0 aliphatic heterocycles. The van der Waals surface area contributed by atoms with Crippen molar-refractivity contribution in [3.63, 3.8) is 0 Å². The van der Waals surface area contributed by atoms with Crippen LogP contribution in [0.2, 0.25) is 5.02 Å². The lowest BCUT2D eigenvalue weighted by molar-refractivity contribution is -0.384. The largest absolute Gasteiger partial charge is 0.497 e. The molecule has 0 unspecified atom stereocenters. The summed E-state index contributed by atoms with van der Waals surface area (Å²) in [5, 5.41) is 15.4. The van der Waals surface area contributed by atoms with Gasteiger partial charge in [-0.2, -0.15) is 0 Å². The molecular weight excluding hydrogens is 338 g/mol. The van der Waals surface area contributed by atoms with E-state index in [0.29, 0.717) is 11.4 Å². The molecule has 0 spiro atoms. The SMILES string of the molecule is COc1ccc(NC(=O)C(=O)Nc2ccc(Cl)c([N+](=O)[O-])c2)cc1. The molecule has 0 saturated carbocycles. The number of methoxy groups -OCH3 is 1. The standard InChI is InChI=1S/C15H12ClN3O5/c1-24-11-5-2-9(3-6-11)17-14(20)15(21)18-10-4-7-12(16)13(8-10)19(22)23/h2-8H,1H3,(H,17,20)(H,18,21). The predicted molar refractivity (Wildman–Crippen MR) is 88.4 cm³/mol. The molecule has 0 atom stereocenters. The number of hydrogen-bond acceptors (Lipinski definition) is 5. The number of nitro groups is 1. The van der Waals surface area contributed by atoms with E-state index in [9.17, 15) is 19.7 Å². The molecule has 2 amide bonds. The molecule has 8 nitrogen and oxygen atoms in total. The minimum absolute atomic E-state index is 0.0688. The lowest BCUT2D eigenvalue weighted by Gasteiger charge is -2.07. The first-order valence-corrected chi connectivity index (χ1v) is 6.99. The molecule has 2 rings (SSSR count). The molecule has 9 heteroatoms. The first-order chi connectivity index (χ1) is 11.4. The van der Waals surface area contributed by atoms with Gasteiger partial charge in [-0.1, -0.05) is 11.6 Å². The Labute approximate surface area is 141 Å². The number of anilines is 2. The Morgan fingerprint density at radius 1 is 1.04 bits per heavy atom. The number of amides is 2. The summed E-state index contributed by atoms with van der Waals surface area (Å²) in [6.07, 6.45) is 0. The molecule has 0 aromatic heterocycles. The number of nitro benzene ring substituents is 1. The van der Waals surface area contributed by atoms with Gasteiger partial charge in [-0.3, -0.25) is 19.7 Å². The van der Waals surface area contributed by atoms with Crippen LogP contribution >= 0.6 is 11.6 Å². The fourth-order valence-corrected chi connectivity index (χ4v) is 1.97. The van der Waals surface area contributed by atoms with E-state index in [1.165, 1.54) is 19.2 Å². The average molecular weight is 350 g/mol. The van der Waals surface area contributed by atoms with Crippen LogP contribution in [0.1, 0.15) is 0 Å². The van der Waals surface area contributed by atoms with E-state index in [0.717, 1.165) is 6.07 Å². The second-order valence-electron chi connectivity index (χ2n) is 4.56. The van der Waals surface area contributed by atoms with Crippen LogP contribution < -0.4 is 15.4 Å². The van der Waals surface area contributed by atoms with Gasteiger partial charge in [0.05, 0.1) is 12.0 Å². The van der Waals surface area contributed by atoms with Crippen LogP contribution in [0.3, 0.4) is 0 Å². The Morgan fingerprint density at radius 3 is 2.12 bits per heavy atom. The highest BCUT2D eigenvalue weighted by molar-refractivity contribution is 6.43. The van der Waals surface area contributed by atoms with Gasteiger partial charge in [-0.05, 0) is 36.4 Å². The molecule has 124 valence electrons. The van der Waals surface area contributed by atoms with Gasteiger partial charge in [0.15, 0.2) is 0 Å². The lowest BCUT2D eigenvalue weighted by atomic mass is 10.2. The van der Waals surface area contributed by atoms with Crippen LogP contribution in [0.5, 0.6) is 5.75 Å². The van der Waals surface area contributed by atoms with Crippen molar-refractivity contribution < 1.29 is 19.2 Å². The maximum atomic E-state index is 11.9. The Kier molecular flexibility index (Phi) is 5.33. The quantitative estimate of drug-likeness (QED) is 0.501. The van der Waals surface area contributed by atoms with E-state index in [2.05, 4.69) is 10.6 Å². The van der Waals surface area contributed by atoms with Gasteiger partial charge >= 0.3 is 11.8 Å². The topological polar surface area (TPSA) is 111 Å². The molecule has 2 N–H and O–H groups in total. The molecule has 0 saturated heterocycles. The minimum Gasteiger partial charge on any atom is -0.497 e. The Morgan fingerprint density at radius 2 is 1.58 bits per heavy atom. The summed E-state index contributed by atoms with van der Waals surface area (Å²) in [5.41, 5.74) is 0.115. The van der Waals surface area contributed by atoms with E-state index in [4.69, 9.17) is 16.3 Å². The number of nitrogens with one attached hydrogen (secondary N) is 2. The van der Waals surface area contributed by atoms with Crippen LogP contribution in [-0.2, 0) is 9.59 Å². The summed E-state index contributed by atoms with van der Waals surface area (Å²) in [5.74, 6) is -1.29. The highest BCUT2D eigenvalue weighted by atomic mass is 35.5. The molecule has 0 aliphatic carbocycles. The van der Waals surface area contributed by atoms with E-state index in [1.807, 2.05) is 0 Å². The first kappa shape index (κ1) is 17.2. The van der Waals surface area contributed by atoms with Crippen LogP contribution in [0.4, 0.5) is 17.1 Å². The number of rotatable bonds is 4. The van der Waals surface area contributed by atoms with Gasteiger partial charge in [-0.15, -0.1) is 0 Å². The van der Waals surface area contributed by atoms with Crippen LogP contribution in [0, 0.1) is 10.1 Å². The molecule has 2 aromatic carbocycles. The number of carbonyl (C=O) groups excluding carboxylic acids is 2. The zero-order valence-electron chi connectivity index (χ0n) is 12.4. The lowest BCUT2D eigenvalue weighted by Crippen LogP contribution is -2.29. The van der Waals surface area contributed by atoms with E-state index < -0.39 is 16.7 Å². The fourth-order valence-electron chi connectivity index (χ4n) is 1.78. The second kappa shape index (κ2) is 7.42. The third-order valence-corrected chi connectivity index (χ3v) is 3.27. The van der Waals surface area contributed by atoms with Crippen molar-refractivity contribution in [3.8, 4) is 5.75 Å². The molecular formula is C15H12ClN3O5. The smallest absolute Gasteiger partial charge is 0.314 e. The summed E-state index contributed by atoms with van der Waals surface area (Å²) in [6.45, 7) is 0. The van der Waals surface area contributed by atoms with Crippen molar-refractivity contribution in [2.24, 2.45) is 0 Å². The van der Waals surface area contributed by atoms with E-state index in [1.54, 1.807) is 24.3 Å². The summed E-state index contributed by atoms with van der Waals surface area (Å²) in [4.78, 5) is 33.8. The van der Waals surface area contributed by atoms with Gasteiger partial charge in [-0.25, -0.2) is 0 Å². The summed E-state index contributed by atoms with van der Waals surface area (Å²) in [6, 6.07) is 10.1. The van der Waals surface area contributed by atoms with Gasteiger partial charge in [0.25, 0.3) is 5.69 Å². The number of benzene rings is 2. The second-order valence-corrected chi connectivity index (χ2v) is 4.97. The molecule has 0 bridgehead atoms. The summed E-state index contributed by atoms with van der Waals surface area (Å²) in [7, 11) is 1.51. The normalized spacial score (nSPS) is 9.92. The number of hydrogen-bond donors (Lipinski definition) is 2. The van der Waals surface area contributed by atoms with Crippen molar-refractivity contribution in [2.75, 3.05) is 17.7 Å². The zero-order chi connectivity index (χ0) is 17.7. The third-order valence-electron chi connectivity index (χ3n) is 2.95. The number of nitrogens with zero attached hydrogens (tertiary/aromatic N) is 1. The molecule has 0 aliphatic rings. The highest BCUT2D eigenvalue weighted by Crippen LogP contribution is 2.27. The fraction of sp³-hybridized carbons (Fsp3) is 0.0667. The molecule has 0 fully saturated rings. The first-order valence-electron chi connectivity index (χ1n) is 6.61. The van der Waals surface area contributed by atoms with Crippen LogP contribution in [-0.4, -0.2) is 23.8 Å². The van der Waals surface area contributed by atoms with Crippen molar-refractivity contribution in [2.45, 2.75) is 0 Å². The number of ether oxygens (including phenoxy) is 1. The van der Waals surface area contributed by atoms with Crippen LogP contribution in [0.15, 0.2) is 42.5 Å². The molecule has 2 aromatic rings. The summed E-state index contributed by atoms with van der Waals surface area (Å²) < 4.78 is 4.98. The molecule has 0 radical (unpaired) electrons. The molecule has 0 heterocycles. The van der Waals surface area contributed by atoms with E-state index >= 15 is 0 Å². The van der Waals surface area contributed by atoms with Crippen molar-refractivity contribution in [3.05, 3.63) is 57.6 Å². The monoisotopic (exact) mass is 349 g/mol. The summed E-state index contributed by atoms with van der Waals surface area (Å²) >= 11 is 5.68. The van der Waals surface area contributed by atoms with E-state index in [-0.39, 0.29) is 16.4 Å². The van der Waals surface area contributed by atoms with Gasteiger partial charge in [0, 0.05) is 17.4 Å². The van der Waals surface area contributed by atoms with Gasteiger partial charge < -0.3 is 15.4 Å². The average Bonchev–Trinajstić information content (AvgIpc) is 2.57. The van der Waals surface area contributed by atoms with Crippen molar-refractivity contribution in [1.82, 2.24) is 0 Å². The van der Waals surface area contributed by atoms with Crippen LogP contribution in [0.25, 0.3) is 0 Å². The van der Waals surface area contributed by atoms with Crippen molar-refractivity contribution in [1.29, 1.82) is 0 Å². The Hall–Kier alpha value is -3.13. The highest BCUT2D eigenvalue weighted by Gasteiger charge is 2.17. The van der Waals surface area contributed by atoms with Gasteiger partial charge in [0.1, 0.15) is 10.8 Å². The third kappa shape index (κ3) is 4.20. The maximum Gasteiger partial charge on any atom is 0.314 e. The Balaban J connectivity index is 2.04.